The maximum Gasteiger partial charge on any atom is 0.335 e. The van der Waals surface area contributed by atoms with Gasteiger partial charge in [0.05, 0.1) is 23.0 Å². The molecule has 0 saturated heterocycles. The summed E-state index contributed by atoms with van der Waals surface area (Å²) in [5, 5.41) is 10.5. The number of benzene rings is 1. The predicted octanol–water partition coefficient (Wildman–Crippen LogP) is 3.93. The quantitative estimate of drug-likeness (QED) is 0.693. The number of fused-ring (bicyclic) bond motifs is 1. The van der Waals surface area contributed by atoms with Crippen molar-refractivity contribution in [1.82, 2.24) is 19.4 Å². The molecule has 7 heteroatoms. The molecule has 0 unspecified atom stereocenters. The Morgan fingerprint density at radius 3 is 2.57 bits per heavy atom. The average molecular weight is 406 g/mol. The molecule has 1 aliphatic rings. The summed E-state index contributed by atoms with van der Waals surface area (Å²) < 4.78 is 1.93. The highest BCUT2D eigenvalue weighted by atomic mass is 16.4. The van der Waals surface area contributed by atoms with Gasteiger partial charge in [-0.3, -0.25) is 14.8 Å². The molecule has 4 rings (SSSR count). The monoisotopic (exact) mass is 406 g/mol. The summed E-state index contributed by atoms with van der Waals surface area (Å²) in [7, 11) is 3.45. The van der Waals surface area contributed by atoms with Gasteiger partial charge in [0, 0.05) is 31.9 Å². The first kappa shape index (κ1) is 20.1. The van der Waals surface area contributed by atoms with Crippen LogP contribution in [0.2, 0.25) is 0 Å². The lowest BCUT2D eigenvalue weighted by Crippen LogP contribution is -2.26. The van der Waals surface area contributed by atoms with Gasteiger partial charge in [-0.2, -0.15) is 0 Å². The number of rotatable bonds is 5. The summed E-state index contributed by atoms with van der Waals surface area (Å²) in [6.07, 6.45) is 10.7. The summed E-state index contributed by atoms with van der Waals surface area (Å²) in [5.41, 5.74) is 3.71. The lowest BCUT2D eigenvalue weighted by atomic mass is 9.82. The summed E-state index contributed by atoms with van der Waals surface area (Å²) in [4.78, 5) is 34.7. The van der Waals surface area contributed by atoms with Gasteiger partial charge in [0.2, 0.25) is 5.91 Å². The first-order valence-corrected chi connectivity index (χ1v) is 10.3. The van der Waals surface area contributed by atoms with Crippen molar-refractivity contribution in [3.8, 4) is 11.4 Å². The Bertz CT molecular complexity index is 1080. The molecule has 0 aliphatic heterocycles. The van der Waals surface area contributed by atoms with E-state index in [1.54, 1.807) is 49.7 Å². The Kier molecular flexibility index (Phi) is 5.53. The normalized spacial score (nSPS) is 14.7. The second kappa shape index (κ2) is 8.26. The molecule has 0 spiro atoms. The molecule has 1 saturated carbocycles. The van der Waals surface area contributed by atoms with E-state index in [0.717, 1.165) is 35.0 Å². The number of aromatic carboxylic acids is 1. The van der Waals surface area contributed by atoms with Crippen LogP contribution < -0.4 is 0 Å². The van der Waals surface area contributed by atoms with E-state index in [2.05, 4.69) is 9.97 Å². The van der Waals surface area contributed by atoms with Crippen molar-refractivity contribution in [2.75, 3.05) is 14.1 Å². The number of aromatic nitrogens is 3. The molecule has 30 heavy (non-hydrogen) atoms. The van der Waals surface area contributed by atoms with Crippen LogP contribution in [0.15, 0.2) is 36.8 Å². The number of carboxylic acids is 1. The predicted molar refractivity (Wildman–Crippen MR) is 114 cm³/mol. The van der Waals surface area contributed by atoms with Crippen LogP contribution in [-0.4, -0.2) is 50.5 Å². The van der Waals surface area contributed by atoms with Crippen LogP contribution >= 0.6 is 0 Å². The van der Waals surface area contributed by atoms with Gasteiger partial charge >= 0.3 is 5.97 Å². The average Bonchev–Trinajstić information content (AvgIpc) is 3.08. The van der Waals surface area contributed by atoms with E-state index < -0.39 is 5.97 Å². The summed E-state index contributed by atoms with van der Waals surface area (Å²) in [6, 6.07) is 5.21. The molecule has 0 atom stereocenters. The second-order valence-corrected chi connectivity index (χ2v) is 8.10. The third-order valence-electron chi connectivity index (χ3n) is 5.96. The summed E-state index contributed by atoms with van der Waals surface area (Å²) in [5.74, 6) is -0.693. The van der Waals surface area contributed by atoms with Gasteiger partial charge in [-0.25, -0.2) is 4.79 Å². The van der Waals surface area contributed by atoms with Crippen molar-refractivity contribution in [2.45, 2.75) is 44.6 Å². The third kappa shape index (κ3) is 3.67. The van der Waals surface area contributed by atoms with Crippen molar-refractivity contribution in [3.05, 3.63) is 47.9 Å². The van der Waals surface area contributed by atoms with E-state index in [0.29, 0.717) is 11.6 Å². The van der Waals surface area contributed by atoms with Crippen molar-refractivity contribution in [2.24, 2.45) is 0 Å². The number of nitrogens with zero attached hydrogens (tertiary/aromatic N) is 4. The first-order chi connectivity index (χ1) is 14.5. The maximum absolute atomic E-state index is 12.7. The molecule has 3 aromatic rings. The highest BCUT2D eigenvalue weighted by molar-refractivity contribution is 5.98. The smallest absolute Gasteiger partial charge is 0.335 e. The molecule has 1 N–H and O–H groups in total. The number of amides is 1. The zero-order valence-corrected chi connectivity index (χ0v) is 17.3. The zero-order chi connectivity index (χ0) is 21.3. The molecular weight excluding hydrogens is 380 g/mol. The molecule has 0 bridgehead atoms. The molecule has 1 aromatic carbocycles. The van der Waals surface area contributed by atoms with Gasteiger partial charge in [0.1, 0.15) is 12.2 Å². The fourth-order valence-electron chi connectivity index (χ4n) is 4.45. The fraction of sp³-hybridized carbons (Fsp3) is 0.391. The Morgan fingerprint density at radius 1 is 1.17 bits per heavy atom. The minimum Gasteiger partial charge on any atom is -0.478 e. The SMILES string of the molecule is CN(C)C(=O)Cn1c(-c2cnccn2)c(C2CCCCC2)c2ccc(C(=O)O)cc21. The topological polar surface area (TPSA) is 88.3 Å². The van der Waals surface area contributed by atoms with Crippen molar-refractivity contribution in [3.63, 3.8) is 0 Å². The van der Waals surface area contributed by atoms with Gasteiger partial charge in [-0.1, -0.05) is 25.3 Å². The number of carbonyl (C=O) groups is 2. The van der Waals surface area contributed by atoms with Crippen LogP contribution in [0, 0.1) is 0 Å². The van der Waals surface area contributed by atoms with Crippen LogP contribution in [0.4, 0.5) is 0 Å². The highest BCUT2D eigenvalue weighted by Crippen LogP contribution is 2.43. The fourth-order valence-corrected chi connectivity index (χ4v) is 4.45. The molecule has 2 heterocycles. The van der Waals surface area contributed by atoms with E-state index in [9.17, 15) is 14.7 Å². The van der Waals surface area contributed by atoms with E-state index in [-0.39, 0.29) is 18.0 Å². The van der Waals surface area contributed by atoms with Crippen LogP contribution in [0.5, 0.6) is 0 Å². The van der Waals surface area contributed by atoms with Gasteiger partial charge in [0.25, 0.3) is 0 Å². The third-order valence-corrected chi connectivity index (χ3v) is 5.96. The molecule has 7 nitrogen and oxygen atoms in total. The van der Waals surface area contributed by atoms with Crippen molar-refractivity contribution >= 4 is 22.8 Å². The van der Waals surface area contributed by atoms with Crippen LogP contribution in [0.25, 0.3) is 22.3 Å². The number of carbonyl (C=O) groups excluding carboxylic acids is 1. The number of hydrogen-bond acceptors (Lipinski definition) is 4. The van der Waals surface area contributed by atoms with Crippen molar-refractivity contribution < 1.29 is 14.7 Å². The molecule has 156 valence electrons. The van der Waals surface area contributed by atoms with Crippen LogP contribution in [0.1, 0.15) is 53.9 Å². The number of carboxylic acid groups (broad SMARTS) is 1. The second-order valence-electron chi connectivity index (χ2n) is 8.10. The highest BCUT2D eigenvalue weighted by Gasteiger charge is 2.28. The maximum atomic E-state index is 12.7. The Morgan fingerprint density at radius 2 is 1.93 bits per heavy atom. The molecule has 2 aromatic heterocycles. The number of likely N-dealkylation sites (N-methyl/N-ethyl adjacent to an activating group) is 1. The molecule has 1 amide bonds. The molecule has 1 fully saturated rings. The van der Waals surface area contributed by atoms with Crippen molar-refractivity contribution in [1.29, 1.82) is 0 Å². The van der Waals surface area contributed by atoms with E-state index in [4.69, 9.17) is 0 Å². The van der Waals surface area contributed by atoms with Gasteiger partial charge in [-0.05, 0) is 36.5 Å². The molecule has 1 aliphatic carbocycles. The molecule has 0 radical (unpaired) electrons. The first-order valence-electron chi connectivity index (χ1n) is 10.3. The van der Waals surface area contributed by atoms with E-state index >= 15 is 0 Å². The van der Waals surface area contributed by atoms with E-state index in [1.165, 1.54) is 19.3 Å². The minimum atomic E-state index is -0.983. The van der Waals surface area contributed by atoms with Gasteiger partial charge in [0.15, 0.2) is 0 Å². The van der Waals surface area contributed by atoms with Crippen LogP contribution in [-0.2, 0) is 11.3 Å². The van der Waals surface area contributed by atoms with E-state index in [1.807, 2.05) is 10.6 Å². The standard InChI is InChI=1S/C23H26N4O3/c1-26(2)20(28)14-27-19-12-16(23(29)30)8-9-17(19)21(15-6-4-3-5-7-15)22(27)18-13-24-10-11-25-18/h8-13,15H,3-7,14H2,1-2H3,(H,29,30). The summed E-state index contributed by atoms with van der Waals surface area (Å²) >= 11 is 0. The Labute approximate surface area is 175 Å². The molecular formula is C23H26N4O3. The largest absolute Gasteiger partial charge is 0.478 e. The zero-order valence-electron chi connectivity index (χ0n) is 17.3. The lowest BCUT2D eigenvalue weighted by molar-refractivity contribution is -0.129. The lowest BCUT2D eigenvalue weighted by Gasteiger charge is -2.23. The van der Waals surface area contributed by atoms with Gasteiger partial charge in [-0.15, -0.1) is 0 Å². The van der Waals surface area contributed by atoms with Gasteiger partial charge < -0.3 is 14.6 Å². The number of hydrogen-bond donors (Lipinski definition) is 1. The minimum absolute atomic E-state index is 0.0621. The Balaban J connectivity index is 2.03. The Hall–Kier alpha value is -3.22. The van der Waals surface area contributed by atoms with Crippen LogP contribution in [0.3, 0.4) is 0 Å². The summed E-state index contributed by atoms with van der Waals surface area (Å²) in [6.45, 7) is 0.116.